The van der Waals surface area contributed by atoms with Gasteiger partial charge in [0.05, 0.1) is 44.3 Å². The highest BCUT2D eigenvalue weighted by Crippen LogP contribution is 2.29. The molecule has 0 aliphatic heterocycles. The van der Waals surface area contributed by atoms with Crippen LogP contribution in [0.5, 0.6) is 17.2 Å². The lowest BCUT2D eigenvalue weighted by Gasteiger charge is -2.09. The van der Waals surface area contributed by atoms with Gasteiger partial charge in [0.25, 0.3) is 10.0 Å². The summed E-state index contributed by atoms with van der Waals surface area (Å²) in [4.78, 5) is 2.18. The fraction of sp³-hybridized carbons (Fsp3) is 0.158. The van der Waals surface area contributed by atoms with Crippen LogP contribution in [0.4, 0.5) is 0 Å². The number of hydrogen-bond acceptors (Lipinski definition) is 7. The number of hydrazone groups is 1. The van der Waals surface area contributed by atoms with E-state index >= 15 is 0 Å². The average molecular weight is 416 g/mol. The van der Waals surface area contributed by atoms with Crippen LogP contribution in [0, 0.1) is 0 Å². The third-order valence-electron chi connectivity index (χ3n) is 4.09. The third kappa shape index (κ3) is 4.49. The molecule has 3 aromatic rings. The Morgan fingerprint density at radius 1 is 1.00 bits per heavy atom. The maximum atomic E-state index is 12.5. The van der Waals surface area contributed by atoms with Crippen molar-refractivity contribution >= 4 is 16.2 Å². The normalized spacial score (nSPS) is 11.4. The monoisotopic (exact) mass is 416 g/mol. The topological polar surface area (TPSA) is 115 Å². The first kappa shape index (κ1) is 20.2. The van der Waals surface area contributed by atoms with Gasteiger partial charge in [-0.15, -0.1) is 0 Å². The van der Waals surface area contributed by atoms with Crippen LogP contribution < -0.4 is 19.0 Å². The Bertz CT molecular complexity index is 1110. The van der Waals surface area contributed by atoms with E-state index in [1.807, 2.05) is 24.3 Å². The minimum atomic E-state index is -3.89. The second-order valence-electron chi connectivity index (χ2n) is 5.80. The summed E-state index contributed by atoms with van der Waals surface area (Å²) >= 11 is 0. The van der Waals surface area contributed by atoms with Crippen LogP contribution in [0.2, 0.25) is 0 Å². The summed E-state index contributed by atoms with van der Waals surface area (Å²) < 4.78 is 40.4. The Balaban J connectivity index is 1.78. The van der Waals surface area contributed by atoms with Gasteiger partial charge in [-0.2, -0.15) is 18.6 Å². The molecule has 0 bridgehead atoms. The Kier molecular flexibility index (Phi) is 6.03. The first-order chi connectivity index (χ1) is 14.0. The fourth-order valence-corrected chi connectivity index (χ4v) is 3.39. The molecule has 0 aliphatic carbocycles. The van der Waals surface area contributed by atoms with Crippen LogP contribution >= 0.6 is 0 Å². The van der Waals surface area contributed by atoms with Crippen LogP contribution in [-0.4, -0.2) is 46.2 Å². The van der Waals surface area contributed by atoms with Gasteiger partial charge in [-0.25, -0.2) is 4.83 Å². The quantitative estimate of drug-likeness (QED) is 0.430. The lowest BCUT2D eigenvalue weighted by atomic mass is 10.1. The minimum Gasteiger partial charge on any atom is -0.497 e. The van der Waals surface area contributed by atoms with Crippen molar-refractivity contribution in [3.05, 3.63) is 54.2 Å². The second-order valence-corrected chi connectivity index (χ2v) is 7.46. The molecule has 0 radical (unpaired) electrons. The average Bonchev–Trinajstić information content (AvgIpc) is 3.21. The van der Waals surface area contributed by atoms with Crippen LogP contribution in [0.15, 0.2) is 58.7 Å². The van der Waals surface area contributed by atoms with E-state index in [0.29, 0.717) is 22.8 Å². The number of sulfonamides is 1. The van der Waals surface area contributed by atoms with Crippen LogP contribution in [0.3, 0.4) is 0 Å². The van der Waals surface area contributed by atoms with Crippen LogP contribution in [-0.2, 0) is 10.0 Å². The van der Waals surface area contributed by atoms with Crippen molar-refractivity contribution in [1.29, 1.82) is 0 Å². The van der Waals surface area contributed by atoms with E-state index in [9.17, 15) is 8.42 Å². The van der Waals surface area contributed by atoms with E-state index in [2.05, 4.69) is 20.1 Å². The maximum Gasteiger partial charge on any atom is 0.276 e. The van der Waals surface area contributed by atoms with Crippen molar-refractivity contribution in [2.24, 2.45) is 5.10 Å². The van der Waals surface area contributed by atoms with Crippen molar-refractivity contribution in [3.63, 3.8) is 0 Å². The number of H-pyrrole nitrogens is 1. The smallest absolute Gasteiger partial charge is 0.276 e. The van der Waals surface area contributed by atoms with Crippen molar-refractivity contribution in [3.8, 4) is 28.5 Å². The minimum absolute atomic E-state index is 0.00475. The largest absolute Gasteiger partial charge is 0.497 e. The standard InChI is InChI=1S/C19H20N4O5S/c1-26-15-6-4-13(5-7-15)19-14(11-20-22-19)12-21-23-29(24,25)16-8-9-17(27-2)18(10-16)28-3/h4-12,23H,1-3H3,(H,20,22)/b21-12+. The molecule has 0 saturated heterocycles. The van der Waals surface area contributed by atoms with Crippen molar-refractivity contribution in [2.75, 3.05) is 21.3 Å². The molecule has 0 unspecified atom stereocenters. The van der Waals surface area contributed by atoms with Crippen LogP contribution in [0.25, 0.3) is 11.3 Å². The van der Waals surface area contributed by atoms with E-state index < -0.39 is 10.0 Å². The number of aromatic nitrogens is 2. The Labute approximate surface area is 168 Å². The predicted octanol–water partition coefficient (Wildman–Crippen LogP) is 2.41. The molecule has 0 saturated carbocycles. The fourth-order valence-electron chi connectivity index (χ4n) is 2.58. The molecule has 0 fully saturated rings. The molecule has 9 nitrogen and oxygen atoms in total. The molecular weight excluding hydrogens is 396 g/mol. The number of methoxy groups -OCH3 is 3. The van der Waals surface area contributed by atoms with E-state index in [1.54, 1.807) is 13.3 Å². The molecule has 1 aromatic heterocycles. The Hall–Kier alpha value is -3.53. The number of aromatic amines is 1. The summed E-state index contributed by atoms with van der Waals surface area (Å²) in [5.41, 5.74) is 2.17. The molecule has 2 N–H and O–H groups in total. The van der Waals surface area contributed by atoms with Gasteiger partial charge < -0.3 is 14.2 Å². The molecule has 0 spiro atoms. The molecule has 29 heavy (non-hydrogen) atoms. The van der Waals surface area contributed by atoms with Gasteiger partial charge in [-0.1, -0.05) is 0 Å². The highest BCUT2D eigenvalue weighted by molar-refractivity contribution is 7.89. The lowest BCUT2D eigenvalue weighted by Crippen LogP contribution is -2.18. The van der Waals surface area contributed by atoms with Crippen molar-refractivity contribution in [1.82, 2.24) is 15.0 Å². The number of benzene rings is 2. The molecule has 10 heteroatoms. The molecule has 0 amide bonds. The van der Waals surface area contributed by atoms with E-state index in [0.717, 1.165) is 11.3 Å². The molecule has 3 rings (SSSR count). The van der Waals surface area contributed by atoms with E-state index in [4.69, 9.17) is 14.2 Å². The van der Waals surface area contributed by atoms with Gasteiger partial charge in [0.2, 0.25) is 0 Å². The molecule has 0 aliphatic rings. The Morgan fingerprint density at radius 2 is 1.72 bits per heavy atom. The number of hydrogen-bond donors (Lipinski definition) is 2. The molecule has 2 aromatic carbocycles. The molecular formula is C19H20N4O5S. The zero-order valence-corrected chi connectivity index (χ0v) is 16.9. The lowest BCUT2D eigenvalue weighted by molar-refractivity contribution is 0.354. The van der Waals surface area contributed by atoms with Gasteiger partial charge in [-0.05, 0) is 36.4 Å². The number of nitrogens with one attached hydrogen (secondary N) is 2. The summed E-state index contributed by atoms with van der Waals surface area (Å²) in [5, 5.41) is 10.7. The van der Waals surface area contributed by atoms with Gasteiger partial charge in [0.1, 0.15) is 5.75 Å². The van der Waals surface area contributed by atoms with E-state index in [-0.39, 0.29) is 4.90 Å². The second kappa shape index (κ2) is 8.65. The van der Waals surface area contributed by atoms with Crippen LogP contribution in [0.1, 0.15) is 5.56 Å². The zero-order chi connectivity index (χ0) is 20.9. The summed E-state index contributed by atoms with van der Waals surface area (Å²) in [6, 6.07) is 11.6. The van der Waals surface area contributed by atoms with E-state index in [1.165, 1.54) is 38.6 Å². The Morgan fingerprint density at radius 3 is 2.38 bits per heavy atom. The van der Waals surface area contributed by atoms with Crippen molar-refractivity contribution < 1.29 is 22.6 Å². The maximum absolute atomic E-state index is 12.5. The highest BCUT2D eigenvalue weighted by atomic mass is 32.2. The zero-order valence-electron chi connectivity index (χ0n) is 16.0. The van der Waals surface area contributed by atoms with Gasteiger partial charge >= 0.3 is 0 Å². The molecule has 152 valence electrons. The summed E-state index contributed by atoms with van der Waals surface area (Å²) in [6.45, 7) is 0. The predicted molar refractivity (Wildman–Crippen MR) is 108 cm³/mol. The summed E-state index contributed by atoms with van der Waals surface area (Å²) in [7, 11) is 0.605. The van der Waals surface area contributed by atoms with Crippen molar-refractivity contribution in [2.45, 2.75) is 4.90 Å². The molecule has 0 atom stereocenters. The van der Waals surface area contributed by atoms with Gasteiger partial charge in [0.15, 0.2) is 11.5 Å². The van der Waals surface area contributed by atoms with Gasteiger partial charge in [-0.3, -0.25) is 5.10 Å². The molecule has 1 heterocycles. The number of rotatable bonds is 8. The number of nitrogens with zero attached hydrogens (tertiary/aromatic N) is 2. The summed E-state index contributed by atoms with van der Waals surface area (Å²) in [6.07, 6.45) is 2.93. The van der Waals surface area contributed by atoms with Gasteiger partial charge in [0, 0.05) is 17.2 Å². The first-order valence-electron chi connectivity index (χ1n) is 8.43. The highest BCUT2D eigenvalue weighted by Gasteiger charge is 2.16. The number of ether oxygens (including phenoxy) is 3. The third-order valence-corrected chi connectivity index (χ3v) is 5.31. The first-order valence-corrected chi connectivity index (χ1v) is 9.91. The SMILES string of the molecule is COc1ccc(-c2[nH]ncc2/C=N/NS(=O)(=O)c2ccc(OC)c(OC)c2)cc1. The summed E-state index contributed by atoms with van der Waals surface area (Å²) in [5.74, 6) is 1.46.